The van der Waals surface area contributed by atoms with Crippen LogP contribution in [-0.4, -0.2) is 39.9 Å². The van der Waals surface area contributed by atoms with Crippen LogP contribution < -0.4 is 0 Å². The topological polar surface area (TPSA) is 103 Å². The van der Waals surface area contributed by atoms with Gasteiger partial charge in [0.25, 0.3) is 0 Å². The van der Waals surface area contributed by atoms with Crippen molar-refractivity contribution >= 4 is 65.2 Å². The molecule has 0 radical (unpaired) electrons. The van der Waals surface area contributed by atoms with Crippen LogP contribution in [0.3, 0.4) is 0 Å². The molecule has 6 heterocycles. The molecule has 12 aromatic rings. The smallest absolute Gasteiger partial charge is 0.116 e. The predicted octanol–water partition coefficient (Wildman–Crippen LogP) is 18.4. The highest BCUT2D eigenvalue weighted by Crippen LogP contribution is 2.12. The molecule has 0 saturated carbocycles. The van der Waals surface area contributed by atoms with Crippen LogP contribution in [0, 0.1) is 0 Å². The highest BCUT2D eigenvalue weighted by Gasteiger charge is 1.91. The second-order valence-corrected chi connectivity index (χ2v) is 13.0. The molecule has 8 nitrogen and oxygen atoms in total. The fourth-order valence-electron chi connectivity index (χ4n) is 5.93. The summed E-state index contributed by atoms with van der Waals surface area (Å²) in [6.45, 7) is 24.0. The lowest BCUT2D eigenvalue weighted by atomic mass is 10.2. The summed E-state index contributed by atoms with van der Waals surface area (Å²) >= 11 is 0. The third kappa shape index (κ3) is 22.8. The molecule has 0 fully saturated rings. The number of nitrogens with zero attached hydrogens (tertiary/aromatic N) is 8. The van der Waals surface area contributed by atoms with E-state index >= 15 is 0 Å². The molecule has 12 rings (SSSR count). The van der Waals surface area contributed by atoms with Crippen LogP contribution in [0.5, 0.6) is 0 Å². The Bertz CT molecular complexity index is 2210. The number of aromatic nitrogens is 8. The number of pyridine rings is 4. The molecule has 0 atom stereocenters. The van der Waals surface area contributed by atoms with Gasteiger partial charge in [-0.1, -0.05) is 217 Å². The van der Waals surface area contributed by atoms with Gasteiger partial charge >= 0.3 is 0 Å². The third-order valence-corrected chi connectivity index (χ3v) is 8.95. The Morgan fingerprint density at radius 3 is 0.750 bits per heavy atom. The lowest BCUT2D eigenvalue weighted by Gasteiger charge is -1.91. The molecule has 8 heteroatoms. The quantitative estimate of drug-likeness (QED) is 0.148. The van der Waals surface area contributed by atoms with Gasteiger partial charge in [0.1, 0.15) is 12.7 Å². The van der Waals surface area contributed by atoms with E-state index in [0.717, 1.165) is 32.8 Å². The minimum atomic E-state index is 0.998. The fourth-order valence-corrected chi connectivity index (χ4v) is 5.93. The molecule has 0 aliphatic heterocycles. The first-order chi connectivity index (χ1) is 35.8. The van der Waals surface area contributed by atoms with Crippen molar-refractivity contribution in [3.63, 3.8) is 0 Å². The van der Waals surface area contributed by atoms with Crippen LogP contribution in [0.1, 0.15) is 83.1 Å². The molecule has 0 unspecified atom stereocenters. The lowest BCUT2D eigenvalue weighted by molar-refractivity contribution is 1.22. The molecule has 72 heavy (non-hydrogen) atoms. The number of benzene rings is 6. The summed E-state index contributed by atoms with van der Waals surface area (Å²) in [5, 5.41) is 9.47. The maximum Gasteiger partial charge on any atom is 0.116 e. The van der Waals surface area contributed by atoms with E-state index in [0.29, 0.717) is 0 Å². The molecule has 0 bridgehead atoms. The second kappa shape index (κ2) is 41.6. The number of fused-ring (bicyclic) bond motifs is 6. The van der Waals surface area contributed by atoms with Crippen LogP contribution in [0.15, 0.2) is 244 Å². The molecular formula is C64H76N8. The Labute approximate surface area is 430 Å². The van der Waals surface area contributed by atoms with Crippen LogP contribution in [0.4, 0.5) is 0 Å². The first kappa shape index (κ1) is 61.7. The van der Waals surface area contributed by atoms with Crippen molar-refractivity contribution in [3.8, 4) is 0 Å². The second-order valence-electron chi connectivity index (χ2n) is 13.0. The van der Waals surface area contributed by atoms with Gasteiger partial charge in [0, 0.05) is 71.1 Å². The van der Waals surface area contributed by atoms with E-state index < -0.39 is 0 Å². The summed E-state index contributed by atoms with van der Waals surface area (Å²) in [7, 11) is 0. The fraction of sp³-hybridized carbons (Fsp3) is 0.188. The van der Waals surface area contributed by atoms with E-state index in [2.05, 4.69) is 88.4 Å². The van der Waals surface area contributed by atoms with Crippen LogP contribution >= 0.6 is 0 Å². The highest BCUT2D eigenvalue weighted by molar-refractivity contribution is 5.82. The molecule has 0 aliphatic carbocycles. The van der Waals surface area contributed by atoms with Crippen LogP contribution in [0.2, 0.25) is 0 Å². The van der Waals surface area contributed by atoms with Crippen molar-refractivity contribution in [1.82, 2.24) is 39.9 Å². The maximum atomic E-state index is 4.18. The van der Waals surface area contributed by atoms with Crippen molar-refractivity contribution in [2.24, 2.45) is 0 Å². The van der Waals surface area contributed by atoms with E-state index in [1.54, 1.807) is 12.7 Å². The largest absolute Gasteiger partial charge is 0.264 e. The Hall–Kier alpha value is -8.36. The highest BCUT2D eigenvalue weighted by atomic mass is 14.8. The normalized spacial score (nSPS) is 8.83. The first-order valence-electron chi connectivity index (χ1n) is 25.3. The van der Waals surface area contributed by atoms with Crippen molar-refractivity contribution < 1.29 is 0 Å². The van der Waals surface area contributed by atoms with Gasteiger partial charge in [0.15, 0.2) is 0 Å². The number of hydrogen-bond donors (Lipinski definition) is 0. The Balaban J connectivity index is 0.000000414. The van der Waals surface area contributed by atoms with Gasteiger partial charge in [-0.3, -0.25) is 19.9 Å². The SMILES string of the molecule is CC.CC.CC.CC.CC.CC.c1ccc2cnccc2c1.c1ccc2cnccc2c1.c1ccc2ncccc2c1.c1ccc2ncccc2c1.c1ccc2ncncc2c1.c1ccc2ncncc2c1. The molecule has 6 aromatic carbocycles. The lowest BCUT2D eigenvalue weighted by Crippen LogP contribution is -1.77. The van der Waals surface area contributed by atoms with E-state index in [9.17, 15) is 0 Å². The first-order valence-corrected chi connectivity index (χ1v) is 25.3. The molecule has 372 valence electrons. The van der Waals surface area contributed by atoms with Gasteiger partial charge < -0.3 is 0 Å². The van der Waals surface area contributed by atoms with Crippen LogP contribution in [-0.2, 0) is 0 Å². The molecule has 6 aromatic heterocycles. The van der Waals surface area contributed by atoms with Gasteiger partial charge in [-0.15, -0.1) is 0 Å². The maximum absolute atomic E-state index is 4.18. The van der Waals surface area contributed by atoms with E-state index in [4.69, 9.17) is 0 Å². The Morgan fingerprint density at radius 2 is 0.444 bits per heavy atom. The van der Waals surface area contributed by atoms with Crippen molar-refractivity contribution in [3.05, 3.63) is 244 Å². The van der Waals surface area contributed by atoms with Crippen molar-refractivity contribution in [1.29, 1.82) is 0 Å². The van der Waals surface area contributed by atoms with Crippen LogP contribution in [0.25, 0.3) is 65.2 Å². The average molecular weight is 957 g/mol. The number of para-hydroxylation sites is 4. The average Bonchev–Trinajstić information content (AvgIpc) is 3.51. The summed E-state index contributed by atoms with van der Waals surface area (Å²) in [6, 6.07) is 60.4. The Morgan fingerprint density at radius 1 is 0.194 bits per heavy atom. The zero-order valence-corrected chi connectivity index (χ0v) is 44.7. The molecular weight excluding hydrogens is 881 g/mol. The molecule has 0 N–H and O–H groups in total. The number of hydrogen-bond acceptors (Lipinski definition) is 8. The standard InChI is InChI=1S/4C9H7N.2C8H6N2.6C2H6/c2*1-2-6-9-8(4-1)5-3-7-10-9;2*1-2-4-9-7-10-6-5-8(9)3-1;2*1-2-4-8-7(3-1)5-9-6-10-8;6*1-2/h4*1-7H;2*1-6H;6*1-2H3. The summed E-state index contributed by atoms with van der Waals surface area (Å²) in [5.74, 6) is 0. The van der Waals surface area contributed by atoms with Gasteiger partial charge in [-0.2, -0.15) is 0 Å². The molecule has 0 amide bonds. The van der Waals surface area contributed by atoms with E-state index in [1.165, 1.54) is 32.3 Å². The summed E-state index contributed by atoms with van der Waals surface area (Å²) in [5.41, 5.74) is 4.12. The van der Waals surface area contributed by atoms with Gasteiger partial charge in [0.05, 0.1) is 22.1 Å². The summed E-state index contributed by atoms with van der Waals surface area (Å²) in [6.07, 6.45) is 17.7. The zero-order chi connectivity index (χ0) is 52.9. The molecule has 0 aliphatic rings. The number of rotatable bonds is 0. The van der Waals surface area contributed by atoms with E-state index in [-0.39, 0.29) is 0 Å². The zero-order valence-electron chi connectivity index (χ0n) is 44.7. The minimum Gasteiger partial charge on any atom is -0.264 e. The van der Waals surface area contributed by atoms with E-state index in [1.807, 2.05) is 266 Å². The molecule has 0 spiro atoms. The monoisotopic (exact) mass is 957 g/mol. The van der Waals surface area contributed by atoms with Crippen molar-refractivity contribution in [2.75, 3.05) is 0 Å². The minimum absolute atomic E-state index is 0.998. The Kier molecular flexibility index (Phi) is 35.6. The third-order valence-electron chi connectivity index (χ3n) is 8.95. The molecule has 0 saturated heterocycles. The van der Waals surface area contributed by atoms with Crippen molar-refractivity contribution in [2.45, 2.75) is 83.1 Å². The summed E-state index contributed by atoms with van der Waals surface area (Å²) < 4.78 is 0. The van der Waals surface area contributed by atoms with Gasteiger partial charge in [-0.05, 0) is 70.1 Å². The van der Waals surface area contributed by atoms with Gasteiger partial charge in [0.2, 0.25) is 0 Å². The summed E-state index contributed by atoms with van der Waals surface area (Å²) in [4.78, 5) is 32.3. The predicted molar refractivity (Wildman–Crippen MR) is 314 cm³/mol. The van der Waals surface area contributed by atoms with Gasteiger partial charge in [-0.25, -0.2) is 19.9 Å².